The molecular weight excluding hydrogens is 353 g/mol. The number of nitrogens with zero attached hydrogens (tertiary/aromatic N) is 5. The van der Waals surface area contributed by atoms with Crippen LogP contribution >= 0.6 is 0 Å². The zero-order valence-electron chi connectivity index (χ0n) is 15.1. The van der Waals surface area contributed by atoms with Gasteiger partial charge in [0.15, 0.2) is 0 Å². The molecule has 1 saturated heterocycles. The molecule has 0 radical (unpaired) electrons. The number of aromatic nitrogens is 3. The van der Waals surface area contributed by atoms with E-state index in [-0.39, 0.29) is 17.6 Å². The van der Waals surface area contributed by atoms with Gasteiger partial charge in [0.25, 0.3) is 0 Å². The number of halogens is 1. The summed E-state index contributed by atoms with van der Waals surface area (Å²) >= 11 is 0. The van der Waals surface area contributed by atoms with Gasteiger partial charge in [-0.3, -0.25) is 14.4 Å². The molecule has 1 aliphatic rings. The highest BCUT2D eigenvalue weighted by Crippen LogP contribution is 2.20. The quantitative estimate of drug-likeness (QED) is 0.819. The molecule has 0 saturated carbocycles. The molecule has 1 aromatic heterocycles. The Bertz CT molecular complexity index is 789. The van der Waals surface area contributed by atoms with E-state index < -0.39 is 5.82 Å². The molecule has 0 aliphatic carbocycles. The van der Waals surface area contributed by atoms with Gasteiger partial charge in [0.05, 0.1) is 12.2 Å². The highest BCUT2D eigenvalue weighted by molar-refractivity contribution is 5.92. The summed E-state index contributed by atoms with van der Waals surface area (Å²) in [5.74, 6) is -0.927. The topological polar surface area (TPSA) is 95.4 Å². The van der Waals surface area contributed by atoms with Crippen LogP contribution in [0.25, 0.3) is 0 Å². The Labute approximate surface area is 156 Å². The molecule has 10 heteroatoms. The molecule has 9 nitrogen and oxygen atoms in total. The van der Waals surface area contributed by atoms with Gasteiger partial charge in [0, 0.05) is 45.3 Å². The fourth-order valence-electron chi connectivity index (χ4n) is 2.86. The zero-order chi connectivity index (χ0) is 19.2. The van der Waals surface area contributed by atoms with E-state index >= 15 is 0 Å². The summed E-state index contributed by atoms with van der Waals surface area (Å²) in [7, 11) is 0. The summed E-state index contributed by atoms with van der Waals surface area (Å²) in [5.41, 5.74) is 0.469. The lowest BCUT2D eigenvalue weighted by Gasteiger charge is -2.34. The first-order valence-corrected chi connectivity index (χ1v) is 8.69. The van der Waals surface area contributed by atoms with Crippen molar-refractivity contribution < 1.29 is 14.0 Å². The number of urea groups is 1. The van der Waals surface area contributed by atoms with Crippen LogP contribution in [-0.4, -0.2) is 69.2 Å². The van der Waals surface area contributed by atoms with Gasteiger partial charge in [-0.05, 0) is 18.2 Å². The Hall–Kier alpha value is -3.01. The number of nitrogens with one attached hydrogen (secondary N) is 2. The third kappa shape index (κ3) is 5.23. The average molecular weight is 375 g/mol. The lowest BCUT2D eigenvalue weighted by Crippen LogP contribution is -2.50. The van der Waals surface area contributed by atoms with Crippen LogP contribution in [0.15, 0.2) is 30.9 Å². The minimum absolute atomic E-state index is 0.0400. The van der Waals surface area contributed by atoms with E-state index in [4.69, 9.17) is 0 Å². The molecule has 1 fully saturated rings. The number of amides is 3. The van der Waals surface area contributed by atoms with Gasteiger partial charge in [-0.1, -0.05) is 0 Å². The molecule has 144 valence electrons. The fourth-order valence-corrected chi connectivity index (χ4v) is 2.86. The third-order valence-corrected chi connectivity index (χ3v) is 4.30. The second-order valence-electron chi connectivity index (χ2n) is 6.29. The lowest BCUT2D eigenvalue weighted by molar-refractivity contribution is -0.114. The highest BCUT2D eigenvalue weighted by Gasteiger charge is 2.21. The molecule has 2 aromatic rings. The van der Waals surface area contributed by atoms with E-state index in [1.807, 2.05) is 0 Å². The second-order valence-corrected chi connectivity index (χ2v) is 6.29. The van der Waals surface area contributed by atoms with Crippen molar-refractivity contribution in [3.63, 3.8) is 0 Å². The number of hydrogen-bond acceptors (Lipinski definition) is 5. The normalized spacial score (nSPS) is 14.8. The van der Waals surface area contributed by atoms with Crippen LogP contribution in [0, 0.1) is 5.82 Å². The van der Waals surface area contributed by atoms with Crippen molar-refractivity contribution in [2.75, 3.05) is 43.4 Å². The van der Waals surface area contributed by atoms with Crippen LogP contribution in [0.4, 0.5) is 20.6 Å². The van der Waals surface area contributed by atoms with E-state index in [1.54, 1.807) is 15.9 Å². The van der Waals surface area contributed by atoms with Gasteiger partial charge < -0.3 is 15.5 Å². The fraction of sp³-hybridized carbons (Fsp3) is 0.412. The van der Waals surface area contributed by atoms with Gasteiger partial charge in [-0.15, -0.1) is 0 Å². The van der Waals surface area contributed by atoms with Gasteiger partial charge in [0.1, 0.15) is 18.5 Å². The minimum atomic E-state index is -0.552. The lowest BCUT2D eigenvalue weighted by atomic mass is 10.2. The number of benzene rings is 1. The highest BCUT2D eigenvalue weighted by atomic mass is 19.1. The van der Waals surface area contributed by atoms with Crippen molar-refractivity contribution in [3.8, 4) is 0 Å². The second kappa shape index (κ2) is 8.58. The molecular formula is C17H22FN7O2. The summed E-state index contributed by atoms with van der Waals surface area (Å²) in [5, 5.41) is 9.22. The Balaban J connectivity index is 1.48. The summed E-state index contributed by atoms with van der Waals surface area (Å²) < 4.78 is 15.5. The number of rotatable bonds is 5. The number of hydrogen-bond donors (Lipinski definition) is 2. The smallest absolute Gasteiger partial charge is 0.321 e. The van der Waals surface area contributed by atoms with E-state index in [0.717, 1.165) is 26.2 Å². The van der Waals surface area contributed by atoms with Crippen LogP contribution in [-0.2, 0) is 11.3 Å². The SMILES string of the molecule is CC(=O)Nc1cc(NC(=O)N2CCN(CCn3cncn3)CC2)ccc1F. The van der Waals surface area contributed by atoms with E-state index in [0.29, 0.717) is 18.8 Å². The molecule has 1 aliphatic heterocycles. The van der Waals surface area contributed by atoms with Crippen molar-refractivity contribution in [1.82, 2.24) is 24.6 Å². The molecule has 1 aromatic carbocycles. The number of piperazine rings is 1. The monoisotopic (exact) mass is 375 g/mol. The zero-order valence-corrected chi connectivity index (χ0v) is 15.1. The van der Waals surface area contributed by atoms with Crippen LogP contribution in [0.5, 0.6) is 0 Å². The summed E-state index contributed by atoms with van der Waals surface area (Å²) in [6, 6.07) is 3.84. The molecule has 0 unspecified atom stereocenters. The maximum atomic E-state index is 13.7. The molecule has 0 atom stereocenters. The van der Waals surface area contributed by atoms with Crippen molar-refractivity contribution in [3.05, 3.63) is 36.7 Å². The van der Waals surface area contributed by atoms with E-state index in [1.165, 1.54) is 31.5 Å². The van der Waals surface area contributed by atoms with Crippen molar-refractivity contribution in [2.24, 2.45) is 0 Å². The molecule has 0 spiro atoms. The first kappa shape index (κ1) is 18.8. The van der Waals surface area contributed by atoms with Crippen molar-refractivity contribution >= 4 is 23.3 Å². The van der Waals surface area contributed by atoms with Crippen LogP contribution in [0.1, 0.15) is 6.92 Å². The van der Waals surface area contributed by atoms with E-state index in [2.05, 4.69) is 25.6 Å². The Morgan fingerprint density at radius 1 is 1.15 bits per heavy atom. The first-order chi connectivity index (χ1) is 13.0. The summed E-state index contributed by atoms with van der Waals surface area (Å²) in [6.45, 7) is 5.63. The molecule has 2 N–H and O–H groups in total. The third-order valence-electron chi connectivity index (χ3n) is 4.30. The van der Waals surface area contributed by atoms with Crippen molar-refractivity contribution in [1.29, 1.82) is 0 Å². The molecule has 3 amide bonds. The van der Waals surface area contributed by atoms with E-state index in [9.17, 15) is 14.0 Å². The van der Waals surface area contributed by atoms with Crippen LogP contribution in [0.3, 0.4) is 0 Å². The standard InChI is InChI=1S/C17H22FN7O2/c1-13(26)21-16-10-14(2-3-15(16)18)22-17(27)24-7-4-23(5-8-24)6-9-25-12-19-11-20-25/h2-3,10-12H,4-9H2,1H3,(H,21,26)(H,22,27). The Kier molecular flexibility index (Phi) is 5.97. The van der Waals surface area contributed by atoms with Gasteiger partial charge in [0.2, 0.25) is 5.91 Å². The number of carbonyl (C=O) groups excluding carboxylic acids is 2. The Morgan fingerprint density at radius 3 is 2.59 bits per heavy atom. The number of anilines is 2. The predicted octanol–water partition coefficient (Wildman–Crippen LogP) is 1.23. The van der Waals surface area contributed by atoms with Crippen LogP contribution in [0.2, 0.25) is 0 Å². The molecule has 0 bridgehead atoms. The maximum Gasteiger partial charge on any atom is 0.321 e. The predicted molar refractivity (Wildman–Crippen MR) is 97.8 cm³/mol. The number of carbonyl (C=O) groups is 2. The maximum absolute atomic E-state index is 13.7. The average Bonchev–Trinajstić information content (AvgIpc) is 3.16. The largest absolute Gasteiger partial charge is 0.324 e. The van der Waals surface area contributed by atoms with Crippen molar-refractivity contribution in [2.45, 2.75) is 13.5 Å². The molecule has 27 heavy (non-hydrogen) atoms. The first-order valence-electron chi connectivity index (χ1n) is 8.69. The van der Waals surface area contributed by atoms with Gasteiger partial charge in [-0.25, -0.2) is 14.2 Å². The minimum Gasteiger partial charge on any atom is -0.324 e. The van der Waals surface area contributed by atoms with Gasteiger partial charge in [-0.2, -0.15) is 5.10 Å². The summed E-state index contributed by atoms with van der Waals surface area (Å²) in [4.78, 5) is 31.4. The Morgan fingerprint density at radius 2 is 1.93 bits per heavy atom. The molecule has 3 rings (SSSR count). The van der Waals surface area contributed by atoms with Gasteiger partial charge >= 0.3 is 6.03 Å². The van der Waals surface area contributed by atoms with Crippen LogP contribution < -0.4 is 10.6 Å². The summed E-state index contributed by atoms with van der Waals surface area (Å²) in [6.07, 6.45) is 3.19. The molecule has 2 heterocycles.